The fourth-order valence-electron chi connectivity index (χ4n) is 4.06. The summed E-state index contributed by atoms with van der Waals surface area (Å²) in [5.74, 6) is -0.173. The molecule has 3 heterocycles. The van der Waals surface area contributed by atoms with Crippen LogP contribution in [0.25, 0.3) is 0 Å². The van der Waals surface area contributed by atoms with E-state index >= 15 is 0 Å². The summed E-state index contributed by atoms with van der Waals surface area (Å²) in [4.78, 5) is 43.7. The van der Waals surface area contributed by atoms with Crippen LogP contribution in [-0.4, -0.2) is 80.9 Å². The average Bonchev–Trinajstić information content (AvgIpc) is 3.19. The predicted octanol–water partition coefficient (Wildman–Crippen LogP) is 3.10. The normalized spacial score (nSPS) is 18.3. The quantitative estimate of drug-likeness (QED) is 0.608. The number of likely N-dealkylation sites (tertiary alicyclic amines) is 1. The molecule has 1 aromatic heterocycles. The molecule has 15 heteroatoms. The second kappa shape index (κ2) is 9.81. The molecule has 2 aliphatic heterocycles. The van der Waals surface area contributed by atoms with Gasteiger partial charge in [-0.1, -0.05) is 13.8 Å². The van der Waals surface area contributed by atoms with Crippen molar-refractivity contribution in [2.45, 2.75) is 70.7 Å². The van der Waals surface area contributed by atoms with E-state index in [0.717, 1.165) is 4.90 Å². The van der Waals surface area contributed by atoms with Crippen LogP contribution in [0, 0.1) is 5.92 Å². The highest BCUT2D eigenvalue weighted by Gasteiger charge is 2.60. The maximum atomic E-state index is 12.8. The summed E-state index contributed by atoms with van der Waals surface area (Å²) in [5.41, 5.74) is -0.768. The number of piperidine rings is 1. The highest BCUT2D eigenvalue weighted by molar-refractivity contribution is 5.92. The number of hydrogen-bond acceptors (Lipinski definition) is 5. The highest BCUT2D eigenvalue weighted by atomic mass is 19.4. The monoisotopic (exact) mass is 527 g/mol. The predicted molar refractivity (Wildman–Crippen MR) is 112 cm³/mol. The van der Waals surface area contributed by atoms with E-state index in [0.29, 0.717) is 18.9 Å². The number of imidazole rings is 1. The van der Waals surface area contributed by atoms with E-state index in [1.165, 1.54) is 0 Å². The molecule has 0 unspecified atom stereocenters. The van der Waals surface area contributed by atoms with Gasteiger partial charge in [0.25, 0.3) is 12.0 Å². The van der Waals surface area contributed by atoms with Crippen molar-refractivity contribution in [3.05, 3.63) is 17.7 Å². The summed E-state index contributed by atoms with van der Waals surface area (Å²) in [6, 6.07) is 0. The first kappa shape index (κ1) is 27.6. The Balaban J connectivity index is 1.58. The van der Waals surface area contributed by atoms with E-state index in [9.17, 15) is 40.7 Å². The third-order valence-corrected chi connectivity index (χ3v) is 6.19. The molecule has 0 bridgehead atoms. The minimum atomic E-state index is -5.80. The first-order valence-electron chi connectivity index (χ1n) is 11.3. The van der Waals surface area contributed by atoms with Gasteiger partial charge in [0.2, 0.25) is 5.91 Å². The maximum Gasteiger partial charge on any atom is 0.434 e. The number of hydrogen-bond donors (Lipinski definition) is 1. The van der Waals surface area contributed by atoms with Crippen LogP contribution >= 0.6 is 0 Å². The third-order valence-electron chi connectivity index (χ3n) is 6.19. The number of nitrogens with one attached hydrogen (secondary N) is 1. The van der Waals surface area contributed by atoms with Crippen LogP contribution in [0.2, 0.25) is 0 Å². The van der Waals surface area contributed by atoms with Gasteiger partial charge in [0.1, 0.15) is 11.5 Å². The van der Waals surface area contributed by atoms with Crippen molar-refractivity contribution in [1.82, 2.24) is 24.7 Å². The molecule has 1 N–H and O–H groups in total. The van der Waals surface area contributed by atoms with E-state index in [1.54, 1.807) is 36.4 Å². The van der Waals surface area contributed by atoms with Crippen LogP contribution in [0.3, 0.4) is 0 Å². The Labute approximate surface area is 202 Å². The summed E-state index contributed by atoms with van der Waals surface area (Å²) in [5, 5.41) is 2.79. The Hall–Kier alpha value is -3.00. The summed E-state index contributed by atoms with van der Waals surface area (Å²) in [6.45, 7) is 6.01. The Kier molecular flexibility index (Phi) is 7.51. The lowest BCUT2D eigenvalue weighted by Gasteiger charge is -2.39. The lowest BCUT2D eigenvalue weighted by molar-refractivity contribution is -0.308. The second-order valence-corrected chi connectivity index (χ2v) is 9.50. The number of alkyl halides is 6. The molecular weight excluding hydrogens is 500 g/mol. The van der Waals surface area contributed by atoms with Crippen LogP contribution in [0.5, 0.6) is 0 Å². The molecule has 9 nitrogen and oxygen atoms in total. The first-order valence-corrected chi connectivity index (χ1v) is 11.3. The van der Waals surface area contributed by atoms with Gasteiger partial charge in [-0.2, -0.15) is 26.3 Å². The number of aromatic nitrogens is 2. The number of halogens is 6. The highest BCUT2D eigenvalue weighted by Crippen LogP contribution is 2.36. The van der Waals surface area contributed by atoms with Crippen LogP contribution in [0.4, 0.5) is 31.1 Å². The Morgan fingerprint density at radius 3 is 2.11 bits per heavy atom. The molecule has 36 heavy (non-hydrogen) atoms. The van der Waals surface area contributed by atoms with Crippen molar-refractivity contribution >= 4 is 17.9 Å². The second-order valence-electron chi connectivity index (χ2n) is 9.50. The minimum Gasteiger partial charge on any atom is -0.426 e. The molecule has 1 aromatic rings. The maximum absolute atomic E-state index is 12.8. The molecule has 3 amide bonds. The fourth-order valence-corrected chi connectivity index (χ4v) is 4.06. The van der Waals surface area contributed by atoms with Crippen molar-refractivity contribution in [2.75, 3.05) is 19.6 Å². The summed E-state index contributed by atoms with van der Waals surface area (Å²) < 4.78 is 81.5. The Morgan fingerprint density at radius 1 is 1.00 bits per heavy atom. The van der Waals surface area contributed by atoms with Crippen LogP contribution in [-0.2, 0) is 22.6 Å². The van der Waals surface area contributed by atoms with E-state index < -0.39 is 36.0 Å². The van der Waals surface area contributed by atoms with Crippen LogP contribution in [0.15, 0.2) is 6.20 Å². The minimum absolute atomic E-state index is 0.0233. The zero-order valence-corrected chi connectivity index (χ0v) is 19.9. The molecular formula is C21H27F6N5O4. The van der Waals surface area contributed by atoms with Crippen LogP contribution < -0.4 is 5.32 Å². The number of fused-ring (bicyclic) bond motifs is 1. The number of amides is 3. The van der Waals surface area contributed by atoms with Gasteiger partial charge in [-0.3, -0.25) is 9.59 Å². The van der Waals surface area contributed by atoms with Gasteiger partial charge >= 0.3 is 18.4 Å². The van der Waals surface area contributed by atoms with Gasteiger partial charge in [0.15, 0.2) is 0 Å². The molecule has 0 radical (unpaired) electrons. The smallest absolute Gasteiger partial charge is 0.426 e. The van der Waals surface area contributed by atoms with Gasteiger partial charge in [0.05, 0.1) is 6.54 Å². The third kappa shape index (κ3) is 6.22. The van der Waals surface area contributed by atoms with Crippen LogP contribution in [0.1, 0.15) is 49.9 Å². The van der Waals surface area contributed by atoms with E-state index in [-0.39, 0.29) is 50.0 Å². The Bertz CT molecular complexity index is 984. The number of rotatable bonds is 4. The summed E-state index contributed by atoms with van der Waals surface area (Å²) in [6.07, 6.45) is -15.8. The summed E-state index contributed by atoms with van der Waals surface area (Å²) in [7, 11) is 0. The lowest BCUT2D eigenvalue weighted by atomic mass is 9.89. The fraction of sp³-hybridized carbons (Fsp3) is 0.714. The molecule has 202 valence electrons. The van der Waals surface area contributed by atoms with E-state index in [2.05, 4.69) is 15.0 Å². The molecule has 2 aliphatic rings. The van der Waals surface area contributed by atoms with Crippen molar-refractivity contribution in [1.29, 1.82) is 0 Å². The molecule has 0 atom stereocenters. The van der Waals surface area contributed by atoms with Crippen molar-refractivity contribution < 1.29 is 45.5 Å². The van der Waals surface area contributed by atoms with Crippen molar-refractivity contribution in [2.24, 2.45) is 5.92 Å². The molecule has 0 aromatic carbocycles. The number of nitrogens with zero attached hydrogens (tertiary/aromatic N) is 4. The van der Waals surface area contributed by atoms with Crippen molar-refractivity contribution in [3.8, 4) is 0 Å². The molecule has 0 aliphatic carbocycles. The zero-order valence-electron chi connectivity index (χ0n) is 19.9. The van der Waals surface area contributed by atoms with Gasteiger partial charge < -0.3 is 24.4 Å². The molecule has 1 fully saturated rings. The van der Waals surface area contributed by atoms with Crippen molar-refractivity contribution in [3.63, 3.8) is 0 Å². The molecule has 0 saturated carbocycles. The number of ether oxygens (including phenoxy) is 1. The van der Waals surface area contributed by atoms with Gasteiger partial charge in [-0.15, -0.1) is 0 Å². The molecule has 1 saturated heterocycles. The lowest BCUT2D eigenvalue weighted by Crippen LogP contribution is -2.55. The molecule has 0 spiro atoms. The Morgan fingerprint density at radius 2 is 1.58 bits per heavy atom. The van der Waals surface area contributed by atoms with E-state index in [1.807, 2.05) is 0 Å². The van der Waals surface area contributed by atoms with Gasteiger partial charge in [-0.25, -0.2) is 9.78 Å². The van der Waals surface area contributed by atoms with Gasteiger partial charge in [0, 0.05) is 43.8 Å². The standard InChI is InChI=1S/C21H27F6N5O4/c1-12(2)16(34)32-9-8-31-10-13(28-14(31)11-32)15(33)29-19(3)4-6-30(7-5-19)18(35)36-17(20(22,23)24)21(25,26)27/h10,12,17H,4-9,11H2,1-3H3,(H,29,33). The summed E-state index contributed by atoms with van der Waals surface area (Å²) >= 11 is 0. The first-order chi connectivity index (χ1) is 16.5. The number of carbonyl (C=O) groups excluding carboxylic acids is 3. The molecule has 3 rings (SSSR count). The SMILES string of the molecule is CC(C)C(=O)N1CCn2cc(C(=O)NC3(C)CCN(C(=O)OC(C(F)(F)F)C(F)(F)F)CC3)nc2C1. The van der Waals surface area contributed by atoms with E-state index in [4.69, 9.17) is 0 Å². The largest absolute Gasteiger partial charge is 0.434 e. The van der Waals surface area contributed by atoms with Gasteiger partial charge in [-0.05, 0) is 19.8 Å². The topological polar surface area (TPSA) is 96.8 Å². The average molecular weight is 527 g/mol. The number of carbonyl (C=O) groups is 3. The zero-order chi connectivity index (χ0) is 27.1.